The molecular formula is C28H32FN11O3. The van der Waals surface area contributed by atoms with Crippen LogP contribution in [0.15, 0.2) is 45.8 Å². The summed E-state index contributed by atoms with van der Waals surface area (Å²) >= 11 is 0. The van der Waals surface area contributed by atoms with E-state index in [0.29, 0.717) is 92.0 Å². The van der Waals surface area contributed by atoms with Gasteiger partial charge in [0.05, 0.1) is 12.0 Å². The van der Waals surface area contributed by atoms with Crippen LogP contribution in [0, 0.1) is 5.82 Å². The van der Waals surface area contributed by atoms with Crippen molar-refractivity contribution in [2.45, 2.75) is 6.54 Å². The number of nitrogens with zero attached hydrogens (tertiary/aromatic N) is 9. The fourth-order valence-electron chi connectivity index (χ4n) is 5.90. The summed E-state index contributed by atoms with van der Waals surface area (Å²) in [5, 5.41) is 7.63. The number of halogens is 1. The highest BCUT2D eigenvalue weighted by Crippen LogP contribution is 2.25. The van der Waals surface area contributed by atoms with Gasteiger partial charge in [-0.25, -0.2) is 14.2 Å². The molecule has 2 aliphatic rings. The van der Waals surface area contributed by atoms with E-state index in [0.717, 1.165) is 13.1 Å². The van der Waals surface area contributed by atoms with Gasteiger partial charge in [-0.15, -0.1) is 5.10 Å². The number of nitrogen functional groups attached to an aromatic ring is 1. The van der Waals surface area contributed by atoms with Crippen molar-refractivity contribution in [3.8, 4) is 11.6 Å². The molecule has 0 spiro atoms. The Balaban J connectivity index is 1.04. The zero-order valence-electron chi connectivity index (χ0n) is 23.7. The van der Waals surface area contributed by atoms with Crippen LogP contribution >= 0.6 is 0 Å². The number of anilines is 2. The van der Waals surface area contributed by atoms with Gasteiger partial charge >= 0.3 is 5.69 Å². The lowest BCUT2D eigenvalue weighted by Crippen LogP contribution is -2.48. The van der Waals surface area contributed by atoms with Gasteiger partial charge in [0.25, 0.3) is 5.91 Å². The van der Waals surface area contributed by atoms with Crippen molar-refractivity contribution in [2.75, 3.05) is 69.5 Å². The zero-order chi connectivity index (χ0) is 29.7. The second-order valence-electron chi connectivity index (χ2n) is 10.8. The van der Waals surface area contributed by atoms with Crippen molar-refractivity contribution in [1.82, 2.24) is 43.8 Å². The molecule has 5 aromatic rings. The Morgan fingerprint density at radius 1 is 1.05 bits per heavy atom. The van der Waals surface area contributed by atoms with Crippen LogP contribution in [0.5, 0.6) is 0 Å². The number of aryl methyl sites for hydroxylation is 1. The molecule has 7 rings (SSSR count). The van der Waals surface area contributed by atoms with E-state index in [1.54, 1.807) is 40.8 Å². The molecule has 0 atom stereocenters. The van der Waals surface area contributed by atoms with E-state index in [-0.39, 0.29) is 17.5 Å². The van der Waals surface area contributed by atoms with Crippen LogP contribution in [0.3, 0.4) is 0 Å². The predicted octanol–water partition coefficient (Wildman–Crippen LogP) is 0.627. The Morgan fingerprint density at radius 3 is 2.56 bits per heavy atom. The van der Waals surface area contributed by atoms with E-state index >= 15 is 4.39 Å². The maximum absolute atomic E-state index is 15.1. The second kappa shape index (κ2) is 10.8. The second-order valence-corrected chi connectivity index (χ2v) is 10.8. The smallest absolute Gasteiger partial charge is 0.330 e. The lowest BCUT2D eigenvalue weighted by atomic mass is 10.1. The van der Waals surface area contributed by atoms with Gasteiger partial charge in [0.1, 0.15) is 11.3 Å². The quantitative estimate of drug-likeness (QED) is 0.289. The summed E-state index contributed by atoms with van der Waals surface area (Å²) in [5.41, 5.74) is 8.25. The summed E-state index contributed by atoms with van der Waals surface area (Å²) in [7, 11) is 1.68. The van der Waals surface area contributed by atoms with E-state index < -0.39 is 5.82 Å². The summed E-state index contributed by atoms with van der Waals surface area (Å²) in [4.78, 5) is 41.1. The minimum absolute atomic E-state index is 0.114. The third kappa shape index (κ3) is 4.79. The number of carbonyl (C=O) groups excluding carboxylic acids is 1. The molecule has 43 heavy (non-hydrogen) atoms. The lowest BCUT2D eigenvalue weighted by Gasteiger charge is -2.36. The average Bonchev–Trinajstić information content (AvgIpc) is 3.77. The lowest BCUT2D eigenvalue weighted by molar-refractivity contribution is 0.0735. The normalized spacial score (nSPS) is 16.5. The largest absolute Gasteiger partial charge is 0.461 e. The Morgan fingerprint density at radius 2 is 1.84 bits per heavy atom. The van der Waals surface area contributed by atoms with E-state index in [2.05, 4.69) is 25.3 Å². The molecule has 0 unspecified atom stereocenters. The number of imidazole rings is 1. The molecule has 2 saturated heterocycles. The number of benzene rings is 1. The third-order valence-electron chi connectivity index (χ3n) is 8.27. The number of carbonyl (C=O) groups is 1. The topological polar surface area (TPSA) is 148 Å². The predicted molar refractivity (Wildman–Crippen MR) is 157 cm³/mol. The van der Waals surface area contributed by atoms with Crippen molar-refractivity contribution >= 4 is 34.4 Å². The first kappa shape index (κ1) is 27.1. The van der Waals surface area contributed by atoms with E-state index in [9.17, 15) is 9.59 Å². The fraction of sp³-hybridized carbons (Fsp3) is 0.393. The molecule has 0 bridgehead atoms. The monoisotopic (exact) mass is 589 g/mol. The number of amides is 1. The van der Waals surface area contributed by atoms with Crippen LogP contribution in [0.2, 0.25) is 0 Å². The van der Waals surface area contributed by atoms with Crippen LogP contribution < -0.4 is 21.6 Å². The minimum Gasteiger partial charge on any atom is -0.461 e. The molecule has 0 aliphatic carbocycles. The van der Waals surface area contributed by atoms with Gasteiger partial charge in [-0.3, -0.25) is 18.8 Å². The average molecular weight is 590 g/mol. The van der Waals surface area contributed by atoms with Gasteiger partial charge in [-0.05, 0) is 30.3 Å². The van der Waals surface area contributed by atoms with Crippen molar-refractivity contribution in [1.29, 1.82) is 0 Å². The maximum Gasteiger partial charge on any atom is 0.330 e. The number of hydrogen-bond donors (Lipinski definition) is 2. The number of nitrogens with two attached hydrogens (primary N) is 1. The molecule has 1 aromatic carbocycles. The van der Waals surface area contributed by atoms with Crippen molar-refractivity contribution in [3.63, 3.8) is 0 Å². The number of piperazine rings is 2. The molecule has 2 aliphatic heterocycles. The van der Waals surface area contributed by atoms with Crippen LogP contribution in [0.1, 0.15) is 10.4 Å². The van der Waals surface area contributed by atoms with Crippen molar-refractivity contribution in [3.05, 3.63) is 58.5 Å². The molecule has 6 heterocycles. The minimum atomic E-state index is -0.393. The standard InChI is InChI=1S/C28H32FN11O3/c1-35-22-24(33-27(30)40-25(22)32-23(34-40)21-3-2-16-43-21)39(28(35)42)15-12-36-10-13-37(14-11-36)20-5-4-18(17-19(20)29)26(41)38-8-6-31-7-9-38/h2-5,16-17,31H,6-15H2,1H3,(H2,30,33). The Bertz CT molecular complexity index is 1860. The highest BCUT2D eigenvalue weighted by atomic mass is 19.1. The van der Waals surface area contributed by atoms with Crippen molar-refractivity contribution in [2.24, 2.45) is 7.05 Å². The molecule has 2 fully saturated rings. The molecule has 0 saturated carbocycles. The first-order valence-corrected chi connectivity index (χ1v) is 14.3. The summed E-state index contributed by atoms with van der Waals surface area (Å²) in [6, 6.07) is 8.26. The summed E-state index contributed by atoms with van der Waals surface area (Å²) in [5.74, 6) is 0.416. The van der Waals surface area contributed by atoms with Crippen LogP contribution in [0.25, 0.3) is 28.4 Å². The molecule has 1 amide bonds. The molecule has 4 aromatic heterocycles. The molecule has 224 valence electrons. The number of rotatable bonds is 6. The van der Waals surface area contributed by atoms with Gasteiger partial charge in [-0.2, -0.15) is 9.50 Å². The first-order chi connectivity index (χ1) is 20.9. The third-order valence-corrected chi connectivity index (χ3v) is 8.27. The molecule has 14 nitrogen and oxygen atoms in total. The summed E-state index contributed by atoms with van der Waals surface area (Å²) in [6.07, 6.45) is 1.54. The van der Waals surface area contributed by atoms with E-state index in [4.69, 9.17) is 10.2 Å². The van der Waals surface area contributed by atoms with Gasteiger partial charge in [0, 0.05) is 78.1 Å². The van der Waals surface area contributed by atoms with E-state index in [1.807, 2.05) is 4.90 Å². The SMILES string of the molecule is Cn1c(=O)n(CCN2CCN(c3ccc(C(=O)N4CCNCC4)cc3F)CC2)c2nc(N)n3nc(-c4ccco4)nc3c21. The Labute approximate surface area is 245 Å². The summed E-state index contributed by atoms with van der Waals surface area (Å²) in [6.45, 7) is 6.35. The van der Waals surface area contributed by atoms with Crippen molar-refractivity contribution < 1.29 is 13.6 Å². The van der Waals surface area contributed by atoms with Gasteiger partial charge < -0.3 is 25.3 Å². The molecule has 15 heteroatoms. The van der Waals surface area contributed by atoms with Crippen LogP contribution in [-0.4, -0.2) is 103 Å². The molecular weight excluding hydrogens is 557 g/mol. The van der Waals surface area contributed by atoms with Crippen LogP contribution in [0.4, 0.5) is 16.0 Å². The first-order valence-electron chi connectivity index (χ1n) is 14.3. The Kier molecular flexibility index (Phi) is 6.82. The number of furan rings is 1. The molecule has 3 N–H and O–H groups in total. The maximum atomic E-state index is 15.1. The number of hydrogen-bond acceptors (Lipinski definition) is 10. The highest BCUT2D eigenvalue weighted by molar-refractivity contribution is 5.94. The van der Waals surface area contributed by atoms with E-state index in [1.165, 1.54) is 21.4 Å². The number of aromatic nitrogens is 6. The number of fused-ring (bicyclic) bond motifs is 3. The molecule has 0 radical (unpaired) electrons. The fourth-order valence-corrected chi connectivity index (χ4v) is 5.90. The summed E-state index contributed by atoms with van der Waals surface area (Å²) < 4.78 is 25.1. The number of nitrogens with one attached hydrogen (secondary N) is 1. The van der Waals surface area contributed by atoms with Gasteiger partial charge in [0.15, 0.2) is 17.1 Å². The van der Waals surface area contributed by atoms with Gasteiger partial charge in [0.2, 0.25) is 11.8 Å². The van der Waals surface area contributed by atoms with Gasteiger partial charge in [-0.1, -0.05) is 0 Å². The van der Waals surface area contributed by atoms with Crippen LogP contribution in [-0.2, 0) is 13.6 Å². The Hall–Kier alpha value is -4.76. The zero-order valence-corrected chi connectivity index (χ0v) is 23.7. The highest BCUT2D eigenvalue weighted by Gasteiger charge is 2.25.